The van der Waals surface area contributed by atoms with E-state index in [1.165, 1.54) is 17.7 Å². The molecule has 3 rings (SSSR count). The van der Waals surface area contributed by atoms with Crippen LogP contribution in [-0.2, 0) is 6.54 Å². The van der Waals surface area contributed by atoms with Gasteiger partial charge in [-0.2, -0.15) is 0 Å². The Morgan fingerprint density at radius 1 is 1.36 bits per heavy atom. The smallest absolute Gasteiger partial charge is 0.253 e. The summed E-state index contributed by atoms with van der Waals surface area (Å²) in [6.07, 6.45) is 2.46. The number of carbonyl (C=O) groups excluding carboxylic acids is 1. The molecule has 1 aliphatic carbocycles. The maximum absolute atomic E-state index is 14.9. The lowest BCUT2D eigenvalue weighted by molar-refractivity contribution is 0.0828. The van der Waals surface area contributed by atoms with Gasteiger partial charge in [-0.3, -0.25) is 4.79 Å². The molecule has 1 aromatic carbocycles. The van der Waals surface area contributed by atoms with Crippen molar-refractivity contribution in [2.75, 3.05) is 14.1 Å². The largest absolute Gasteiger partial charge is 0.345 e. The van der Waals surface area contributed by atoms with Crippen molar-refractivity contribution in [3.05, 3.63) is 35.3 Å². The normalized spacial score (nSPS) is 14.8. The van der Waals surface area contributed by atoms with Gasteiger partial charge in [-0.1, -0.05) is 13.8 Å². The molecule has 1 aromatic heterocycles. The van der Waals surface area contributed by atoms with Gasteiger partial charge in [-0.25, -0.2) is 4.39 Å². The van der Waals surface area contributed by atoms with E-state index in [2.05, 4.69) is 4.57 Å². The average molecular weight is 302 g/mol. The van der Waals surface area contributed by atoms with Gasteiger partial charge in [0.2, 0.25) is 0 Å². The van der Waals surface area contributed by atoms with Gasteiger partial charge in [-0.05, 0) is 42.9 Å². The molecular formula is C18H23FN2O. The van der Waals surface area contributed by atoms with Crippen LogP contribution in [0, 0.1) is 11.7 Å². The number of hydrogen-bond acceptors (Lipinski definition) is 1. The minimum absolute atomic E-state index is 0.0951. The fraction of sp³-hybridized carbons (Fsp3) is 0.500. The first-order chi connectivity index (χ1) is 10.4. The summed E-state index contributed by atoms with van der Waals surface area (Å²) in [5, 5.41) is 0.567. The number of nitrogens with zero attached hydrogens (tertiary/aromatic N) is 2. The summed E-state index contributed by atoms with van der Waals surface area (Å²) in [6, 6.07) is 5.39. The summed E-state index contributed by atoms with van der Waals surface area (Å²) >= 11 is 0. The van der Waals surface area contributed by atoms with Crippen LogP contribution in [0.15, 0.2) is 18.2 Å². The SMILES string of the molecule is CC(C)c1c(F)c2cc(C(=O)N(C)C)ccc2n1CC1CC1. The van der Waals surface area contributed by atoms with E-state index in [0.717, 1.165) is 17.8 Å². The van der Waals surface area contributed by atoms with E-state index < -0.39 is 0 Å². The topological polar surface area (TPSA) is 25.2 Å². The van der Waals surface area contributed by atoms with E-state index in [1.807, 2.05) is 19.9 Å². The number of aromatic nitrogens is 1. The molecule has 0 unspecified atom stereocenters. The van der Waals surface area contributed by atoms with Gasteiger partial charge in [0, 0.05) is 31.6 Å². The molecule has 1 saturated carbocycles. The monoisotopic (exact) mass is 302 g/mol. The molecule has 1 heterocycles. The highest BCUT2D eigenvalue weighted by molar-refractivity contribution is 5.98. The number of rotatable bonds is 4. The zero-order valence-corrected chi connectivity index (χ0v) is 13.7. The third kappa shape index (κ3) is 2.51. The lowest BCUT2D eigenvalue weighted by Gasteiger charge is -2.13. The Morgan fingerprint density at radius 3 is 2.59 bits per heavy atom. The zero-order valence-electron chi connectivity index (χ0n) is 13.7. The van der Waals surface area contributed by atoms with E-state index in [9.17, 15) is 9.18 Å². The van der Waals surface area contributed by atoms with Crippen molar-refractivity contribution < 1.29 is 9.18 Å². The van der Waals surface area contributed by atoms with Crippen LogP contribution in [0.3, 0.4) is 0 Å². The van der Waals surface area contributed by atoms with Crippen LogP contribution in [0.4, 0.5) is 4.39 Å². The van der Waals surface area contributed by atoms with Gasteiger partial charge in [0.25, 0.3) is 5.91 Å². The average Bonchev–Trinajstić information content (AvgIpc) is 3.23. The minimum Gasteiger partial charge on any atom is -0.345 e. The molecule has 1 aliphatic rings. The molecule has 2 aromatic rings. The lowest BCUT2D eigenvalue weighted by atomic mass is 10.1. The molecule has 0 spiro atoms. The Balaban J connectivity index is 2.16. The third-order valence-electron chi connectivity index (χ3n) is 4.38. The molecule has 0 bridgehead atoms. The Labute approximate surface area is 130 Å². The summed E-state index contributed by atoms with van der Waals surface area (Å²) in [5.74, 6) is 0.538. The van der Waals surface area contributed by atoms with Crippen molar-refractivity contribution in [2.45, 2.75) is 39.2 Å². The van der Waals surface area contributed by atoms with Gasteiger partial charge in [0.05, 0.1) is 11.2 Å². The van der Waals surface area contributed by atoms with E-state index >= 15 is 0 Å². The minimum atomic E-state index is -0.168. The van der Waals surface area contributed by atoms with Gasteiger partial charge in [0.1, 0.15) is 0 Å². The summed E-state index contributed by atoms with van der Waals surface area (Å²) in [4.78, 5) is 13.6. The molecule has 3 nitrogen and oxygen atoms in total. The number of benzene rings is 1. The van der Waals surface area contributed by atoms with Crippen LogP contribution in [-0.4, -0.2) is 29.5 Å². The number of amides is 1. The molecule has 118 valence electrons. The number of carbonyl (C=O) groups is 1. The van der Waals surface area contributed by atoms with E-state index in [1.54, 1.807) is 26.2 Å². The van der Waals surface area contributed by atoms with Gasteiger partial charge in [-0.15, -0.1) is 0 Å². The van der Waals surface area contributed by atoms with Crippen molar-refractivity contribution >= 4 is 16.8 Å². The van der Waals surface area contributed by atoms with Crippen molar-refractivity contribution in [3.8, 4) is 0 Å². The first-order valence-electron chi connectivity index (χ1n) is 7.93. The van der Waals surface area contributed by atoms with Crippen LogP contribution in [0.1, 0.15) is 48.7 Å². The molecule has 4 heteroatoms. The number of hydrogen-bond donors (Lipinski definition) is 0. The highest BCUT2D eigenvalue weighted by Gasteiger charge is 2.27. The Kier molecular flexibility index (Phi) is 3.71. The predicted octanol–water partition coefficient (Wildman–Crippen LogP) is 4.02. The Morgan fingerprint density at radius 2 is 2.05 bits per heavy atom. The lowest BCUT2D eigenvalue weighted by Crippen LogP contribution is -2.21. The van der Waals surface area contributed by atoms with Crippen molar-refractivity contribution in [2.24, 2.45) is 5.92 Å². The summed E-state index contributed by atoms with van der Waals surface area (Å²) < 4.78 is 17.0. The van der Waals surface area contributed by atoms with Gasteiger partial charge in [0.15, 0.2) is 5.82 Å². The van der Waals surface area contributed by atoms with Crippen LogP contribution < -0.4 is 0 Å². The molecule has 0 radical (unpaired) electrons. The Hall–Kier alpha value is -1.84. The van der Waals surface area contributed by atoms with Crippen molar-refractivity contribution in [1.82, 2.24) is 9.47 Å². The first kappa shape index (κ1) is 15.1. The fourth-order valence-electron chi connectivity index (χ4n) is 3.05. The maximum Gasteiger partial charge on any atom is 0.253 e. The standard InChI is InChI=1S/C18H23FN2O/c1-11(2)17-16(19)14-9-13(18(22)20(3)4)7-8-15(14)21(17)10-12-5-6-12/h7-9,11-12H,5-6,10H2,1-4H3. The molecule has 22 heavy (non-hydrogen) atoms. The van der Waals surface area contributed by atoms with Crippen LogP contribution in [0.25, 0.3) is 10.9 Å². The Bertz CT molecular complexity index is 726. The van der Waals surface area contributed by atoms with Crippen molar-refractivity contribution in [3.63, 3.8) is 0 Å². The highest BCUT2D eigenvalue weighted by Crippen LogP contribution is 2.36. The molecule has 1 fully saturated rings. The van der Waals surface area contributed by atoms with E-state index in [0.29, 0.717) is 16.9 Å². The molecule has 0 aliphatic heterocycles. The first-order valence-corrected chi connectivity index (χ1v) is 7.93. The van der Waals surface area contributed by atoms with Crippen molar-refractivity contribution in [1.29, 1.82) is 0 Å². The summed E-state index contributed by atoms with van der Waals surface area (Å²) in [6.45, 7) is 4.92. The summed E-state index contributed by atoms with van der Waals surface area (Å²) in [5.41, 5.74) is 2.20. The second-order valence-corrected chi connectivity index (χ2v) is 6.84. The molecule has 0 saturated heterocycles. The van der Waals surface area contributed by atoms with Crippen LogP contribution in [0.2, 0.25) is 0 Å². The van der Waals surface area contributed by atoms with Gasteiger partial charge < -0.3 is 9.47 Å². The summed E-state index contributed by atoms with van der Waals surface area (Å²) in [7, 11) is 3.42. The zero-order chi connectivity index (χ0) is 16.0. The second-order valence-electron chi connectivity index (χ2n) is 6.84. The van der Waals surface area contributed by atoms with E-state index in [-0.39, 0.29) is 17.6 Å². The quantitative estimate of drug-likeness (QED) is 0.837. The van der Waals surface area contributed by atoms with Gasteiger partial charge >= 0.3 is 0 Å². The van der Waals surface area contributed by atoms with Crippen LogP contribution >= 0.6 is 0 Å². The predicted molar refractivity (Wildman–Crippen MR) is 86.7 cm³/mol. The second kappa shape index (κ2) is 5.41. The molecular weight excluding hydrogens is 279 g/mol. The van der Waals surface area contributed by atoms with Crippen LogP contribution in [0.5, 0.6) is 0 Å². The molecule has 0 atom stereocenters. The molecule has 0 N–H and O–H groups in total. The van der Waals surface area contributed by atoms with E-state index in [4.69, 9.17) is 0 Å². The number of halogens is 1. The maximum atomic E-state index is 14.9. The fourth-order valence-corrected chi connectivity index (χ4v) is 3.05. The highest BCUT2D eigenvalue weighted by atomic mass is 19.1. The number of fused-ring (bicyclic) bond motifs is 1. The molecule has 1 amide bonds. The third-order valence-corrected chi connectivity index (χ3v) is 4.38.